The Bertz CT molecular complexity index is 985. The number of nitriles is 2. The molecule has 1 N–H and O–H groups in total. The number of hydrogen-bond acceptors (Lipinski definition) is 6. The second-order valence-corrected chi connectivity index (χ2v) is 6.81. The number of alkyl halides is 3. The molecule has 31 heavy (non-hydrogen) atoms. The van der Waals surface area contributed by atoms with E-state index in [1.54, 1.807) is 18.2 Å². The smallest absolute Gasteiger partial charge is 0.406 e. The van der Waals surface area contributed by atoms with Crippen molar-refractivity contribution in [2.24, 2.45) is 0 Å². The molecule has 0 atom stereocenters. The number of rotatable bonds is 5. The van der Waals surface area contributed by atoms with Gasteiger partial charge in [0.25, 0.3) is 0 Å². The van der Waals surface area contributed by atoms with Crippen LogP contribution in [0.25, 0.3) is 0 Å². The van der Waals surface area contributed by atoms with Gasteiger partial charge in [-0.15, -0.1) is 13.2 Å². The van der Waals surface area contributed by atoms with Gasteiger partial charge in [0.15, 0.2) is 0 Å². The minimum absolute atomic E-state index is 0.111. The Morgan fingerprint density at radius 2 is 1.58 bits per heavy atom. The summed E-state index contributed by atoms with van der Waals surface area (Å²) in [6.07, 6.45) is -4.77. The first-order valence-electron chi connectivity index (χ1n) is 9.35. The number of nitrogens with zero attached hydrogens (tertiary/aromatic N) is 4. The molecule has 1 heterocycles. The van der Waals surface area contributed by atoms with E-state index in [4.69, 9.17) is 0 Å². The van der Waals surface area contributed by atoms with Crippen LogP contribution in [0.3, 0.4) is 0 Å². The van der Waals surface area contributed by atoms with Gasteiger partial charge in [-0.05, 0) is 36.4 Å². The Hall–Kier alpha value is -3.76. The number of ether oxygens (including phenoxy) is 1. The lowest BCUT2D eigenvalue weighted by atomic mass is 10.1. The molecular formula is C21H18F3N5O2. The van der Waals surface area contributed by atoms with Gasteiger partial charge in [0.2, 0.25) is 5.91 Å². The van der Waals surface area contributed by atoms with Crippen molar-refractivity contribution in [3.63, 3.8) is 0 Å². The maximum absolute atomic E-state index is 12.3. The molecule has 1 aliphatic rings. The molecule has 1 fully saturated rings. The topological polar surface area (TPSA) is 92.4 Å². The first-order valence-corrected chi connectivity index (χ1v) is 9.35. The third kappa shape index (κ3) is 5.87. The third-order valence-electron chi connectivity index (χ3n) is 4.70. The number of amides is 1. The number of halogens is 3. The number of anilines is 2. The standard InChI is InChI=1S/C21H18F3N5O2/c22-21(23,24)31-18-6-4-17(5-7-18)27-19(30)14-28-8-10-29(11-9-28)20-15(12-25)2-1-3-16(20)13-26/h1-7H,8-11,14H2,(H,27,30). The molecule has 0 radical (unpaired) electrons. The van der Waals surface area contributed by atoms with Crippen molar-refractivity contribution in [2.75, 3.05) is 42.9 Å². The van der Waals surface area contributed by atoms with Gasteiger partial charge in [0.05, 0.1) is 23.4 Å². The van der Waals surface area contributed by atoms with Crippen molar-refractivity contribution in [1.82, 2.24) is 4.90 Å². The highest BCUT2D eigenvalue weighted by molar-refractivity contribution is 5.92. The van der Waals surface area contributed by atoms with Crippen LogP contribution >= 0.6 is 0 Å². The van der Waals surface area contributed by atoms with Crippen LogP contribution < -0.4 is 15.0 Å². The van der Waals surface area contributed by atoms with E-state index < -0.39 is 6.36 Å². The summed E-state index contributed by atoms with van der Waals surface area (Å²) in [5.74, 6) is -0.663. The summed E-state index contributed by atoms with van der Waals surface area (Å²) in [5.41, 5.74) is 1.84. The second-order valence-electron chi connectivity index (χ2n) is 6.81. The van der Waals surface area contributed by atoms with Gasteiger partial charge in [0.1, 0.15) is 17.9 Å². The number of carbonyl (C=O) groups excluding carboxylic acids is 1. The predicted octanol–water partition coefficient (Wildman–Crippen LogP) is 3.09. The van der Waals surface area contributed by atoms with Gasteiger partial charge in [-0.3, -0.25) is 9.69 Å². The fraction of sp³-hybridized carbons (Fsp3) is 0.286. The zero-order chi connectivity index (χ0) is 22.4. The number of hydrogen-bond donors (Lipinski definition) is 1. The number of benzene rings is 2. The van der Waals surface area contributed by atoms with Crippen LogP contribution in [-0.4, -0.2) is 49.9 Å². The average Bonchev–Trinajstić information content (AvgIpc) is 2.74. The molecule has 2 aromatic carbocycles. The lowest BCUT2D eigenvalue weighted by Gasteiger charge is -2.36. The maximum atomic E-state index is 12.3. The average molecular weight is 429 g/mol. The van der Waals surface area contributed by atoms with E-state index >= 15 is 0 Å². The molecule has 10 heteroatoms. The summed E-state index contributed by atoms with van der Waals surface area (Å²) in [7, 11) is 0. The lowest BCUT2D eigenvalue weighted by Crippen LogP contribution is -2.49. The monoisotopic (exact) mass is 429 g/mol. The molecule has 1 amide bonds. The Morgan fingerprint density at radius 3 is 2.10 bits per heavy atom. The SMILES string of the molecule is N#Cc1cccc(C#N)c1N1CCN(CC(=O)Nc2ccc(OC(F)(F)F)cc2)CC1. The van der Waals surface area contributed by atoms with E-state index in [0.29, 0.717) is 48.7 Å². The molecule has 1 aliphatic heterocycles. The number of nitrogens with one attached hydrogen (secondary N) is 1. The summed E-state index contributed by atoms with van der Waals surface area (Å²) >= 11 is 0. The molecule has 160 valence electrons. The van der Waals surface area contributed by atoms with E-state index in [-0.39, 0.29) is 18.2 Å². The summed E-state index contributed by atoms with van der Waals surface area (Å²) in [6.45, 7) is 2.31. The molecule has 0 bridgehead atoms. The van der Waals surface area contributed by atoms with E-state index in [1.807, 2.05) is 9.80 Å². The van der Waals surface area contributed by atoms with Crippen molar-refractivity contribution >= 4 is 17.3 Å². The lowest BCUT2D eigenvalue weighted by molar-refractivity contribution is -0.274. The second kappa shape index (κ2) is 9.37. The van der Waals surface area contributed by atoms with E-state index in [2.05, 4.69) is 22.2 Å². The molecule has 0 unspecified atom stereocenters. The van der Waals surface area contributed by atoms with Crippen LogP contribution in [0, 0.1) is 22.7 Å². The fourth-order valence-corrected chi connectivity index (χ4v) is 3.34. The van der Waals surface area contributed by atoms with Crippen LogP contribution in [0.5, 0.6) is 5.75 Å². The van der Waals surface area contributed by atoms with Gasteiger partial charge >= 0.3 is 6.36 Å². The van der Waals surface area contributed by atoms with Crippen LogP contribution in [-0.2, 0) is 4.79 Å². The van der Waals surface area contributed by atoms with Crippen molar-refractivity contribution in [2.45, 2.75) is 6.36 Å². The Morgan fingerprint density at radius 1 is 1.00 bits per heavy atom. The summed E-state index contributed by atoms with van der Waals surface area (Å²) in [6, 6.07) is 14.1. The van der Waals surface area contributed by atoms with Gasteiger partial charge in [-0.2, -0.15) is 10.5 Å². The van der Waals surface area contributed by atoms with Crippen molar-refractivity contribution in [1.29, 1.82) is 10.5 Å². The Kier molecular flexibility index (Phi) is 6.63. The van der Waals surface area contributed by atoms with Gasteiger partial charge in [-0.25, -0.2) is 0 Å². The summed E-state index contributed by atoms with van der Waals surface area (Å²) in [4.78, 5) is 16.2. The summed E-state index contributed by atoms with van der Waals surface area (Å²) in [5, 5.41) is 21.3. The molecule has 2 aromatic rings. The molecular weight excluding hydrogens is 411 g/mol. The van der Waals surface area contributed by atoms with Crippen LogP contribution in [0.15, 0.2) is 42.5 Å². The van der Waals surface area contributed by atoms with Crippen LogP contribution in [0.1, 0.15) is 11.1 Å². The van der Waals surface area contributed by atoms with Gasteiger partial charge in [-0.1, -0.05) is 6.07 Å². The van der Waals surface area contributed by atoms with E-state index in [0.717, 1.165) is 12.1 Å². The molecule has 7 nitrogen and oxygen atoms in total. The van der Waals surface area contributed by atoms with E-state index in [1.165, 1.54) is 12.1 Å². The first kappa shape index (κ1) is 21.9. The van der Waals surface area contributed by atoms with Crippen molar-refractivity contribution in [3.05, 3.63) is 53.6 Å². The normalized spacial score (nSPS) is 14.4. The van der Waals surface area contributed by atoms with Crippen molar-refractivity contribution in [3.8, 4) is 17.9 Å². The highest BCUT2D eigenvalue weighted by atomic mass is 19.4. The minimum atomic E-state index is -4.77. The first-order chi connectivity index (χ1) is 14.8. The van der Waals surface area contributed by atoms with E-state index in [9.17, 15) is 28.5 Å². The molecule has 1 saturated heterocycles. The molecule has 0 spiro atoms. The molecule has 0 saturated carbocycles. The number of para-hydroxylation sites is 1. The highest BCUT2D eigenvalue weighted by Crippen LogP contribution is 2.26. The van der Waals surface area contributed by atoms with Gasteiger partial charge < -0.3 is 15.0 Å². The molecule has 0 aliphatic carbocycles. The maximum Gasteiger partial charge on any atom is 0.573 e. The highest BCUT2D eigenvalue weighted by Gasteiger charge is 2.31. The van der Waals surface area contributed by atoms with Crippen LogP contribution in [0.2, 0.25) is 0 Å². The van der Waals surface area contributed by atoms with Crippen LogP contribution in [0.4, 0.5) is 24.5 Å². The third-order valence-corrected chi connectivity index (χ3v) is 4.70. The largest absolute Gasteiger partial charge is 0.573 e. The predicted molar refractivity (Wildman–Crippen MR) is 106 cm³/mol. The Balaban J connectivity index is 1.53. The quantitative estimate of drug-likeness (QED) is 0.785. The number of piperazine rings is 1. The minimum Gasteiger partial charge on any atom is -0.406 e. The van der Waals surface area contributed by atoms with Gasteiger partial charge in [0, 0.05) is 31.9 Å². The zero-order valence-corrected chi connectivity index (χ0v) is 16.3. The van der Waals surface area contributed by atoms with Crippen molar-refractivity contribution < 1.29 is 22.7 Å². The number of carbonyl (C=O) groups is 1. The Labute approximate surface area is 176 Å². The zero-order valence-electron chi connectivity index (χ0n) is 16.3. The molecule has 3 rings (SSSR count). The molecule has 0 aromatic heterocycles. The fourth-order valence-electron chi connectivity index (χ4n) is 3.34. The summed E-state index contributed by atoms with van der Waals surface area (Å²) < 4.78 is 40.4.